The largest absolute Gasteiger partial charge is 0.319 e. The van der Waals surface area contributed by atoms with Gasteiger partial charge in [-0.05, 0) is 19.5 Å². The van der Waals surface area contributed by atoms with E-state index < -0.39 is 10.0 Å². The van der Waals surface area contributed by atoms with E-state index in [0.717, 1.165) is 6.54 Å². The van der Waals surface area contributed by atoms with E-state index in [1.807, 2.05) is 14.0 Å². The molecule has 0 radical (unpaired) electrons. The van der Waals surface area contributed by atoms with Crippen LogP contribution in [0.5, 0.6) is 0 Å². The van der Waals surface area contributed by atoms with E-state index >= 15 is 0 Å². The van der Waals surface area contributed by atoms with Gasteiger partial charge in [-0.25, -0.2) is 13.1 Å². The van der Waals surface area contributed by atoms with Gasteiger partial charge in [-0.1, -0.05) is 18.5 Å². The first-order valence-corrected chi connectivity index (χ1v) is 7.06. The van der Waals surface area contributed by atoms with Crippen LogP contribution in [-0.4, -0.2) is 38.3 Å². The second-order valence-corrected chi connectivity index (χ2v) is 6.03. The molecule has 0 aliphatic heterocycles. The number of nitrogens with zero attached hydrogens (tertiary/aromatic N) is 2. The quantitative estimate of drug-likeness (QED) is 0.781. The molecule has 0 fully saturated rings. The van der Waals surface area contributed by atoms with E-state index in [9.17, 15) is 8.42 Å². The molecule has 1 atom stereocenters. The molecule has 0 saturated heterocycles. The summed E-state index contributed by atoms with van der Waals surface area (Å²) in [5, 5.41) is 6.90. The van der Waals surface area contributed by atoms with E-state index in [2.05, 4.69) is 15.1 Å². The molecule has 1 aromatic heterocycles. The highest BCUT2D eigenvalue weighted by Gasteiger charge is 2.22. The minimum Gasteiger partial charge on any atom is -0.319 e. The molecule has 8 heteroatoms. The third-order valence-corrected chi connectivity index (χ3v) is 4.20. The fourth-order valence-corrected chi connectivity index (χ4v) is 3.26. The molecule has 1 rings (SSSR count). The lowest BCUT2D eigenvalue weighted by molar-refractivity contribution is 0.513. The van der Waals surface area contributed by atoms with Crippen molar-refractivity contribution in [1.82, 2.24) is 19.8 Å². The van der Waals surface area contributed by atoms with Crippen molar-refractivity contribution < 1.29 is 8.42 Å². The van der Waals surface area contributed by atoms with Gasteiger partial charge in [0.1, 0.15) is 0 Å². The van der Waals surface area contributed by atoms with Crippen molar-refractivity contribution in [3.8, 4) is 0 Å². The first-order valence-electron chi connectivity index (χ1n) is 5.20. The van der Waals surface area contributed by atoms with Gasteiger partial charge >= 0.3 is 0 Å². The molecule has 0 saturated carbocycles. The number of aromatic nitrogens is 2. The minimum atomic E-state index is -3.60. The van der Waals surface area contributed by atoms with Crippen molar-refractivity contribution in [2.24, 2.45) is 13.0 Å². The summed E-state index contributed by atoms with van der Waals surface area (Å²) in [5.74, 6) is 0.196. The summed E-state index contributed by atoms with van der Waals surface area (Å²) in [5.41, 5.74) is 0. The van der Waals surface area contributed by atoms with Gasteiger partial charge in [0, 0.05) is 13.6 Å². The van der Waals surface area contributed by atoms with Crippen LogP contribution < -0.4 is 10.0 Å². The molecule has 6 nitrogen and oxygen atoms in total. The average Bonchev–Trinajstić information content (AvgIpc) is 2.57. The topological polar surface area (TPSA) is 76.0 Å². The van der Waals surface area contributed by atoms with E-state index in [4.69, 9.17) is 11.6 Å². The summed E-state index contributed by atoms with van der Waals surface area (Å²) >= 11 is 5.79. The van der Waals surface area contributed by atoms with Gasteiger partial charge in [0.2, 0.25) is 0 Å². The number of aryl methyl sites for hydroxylation is 1. The minimum absolute atomic E-state index is 0.00387. The first kappa shape index (κ1) is 14.4. The van der Waals surface area contributed by atoms with Gasteiger partial charge in [-0.2, -0.15) is 5.10 Å². The summed E-state index contributed by atoms with van der Waals surface area (Å²) < 4.78 is 27.7. The van der Waals surface area contributed by atoms with E-state index in [1.165, 1.54) is 17.9 Å². The van der Waals surface area contributed by atoms with Gasteiger partial charge in [-0.15, -0.1) is 0 Å². The van der Waals surface area contributed by atoms with Crippen LogP contribution in [0.15, 0.2) is 11.2 Å². The van der Waals surface area contributed by atoms with Gasteiger partial charge in [-0.3, -0.25) is 4.68 Å². The predicted molar refractivity (Wildman–Crippen MR) is 66.5 cm³/mol. The Bertz CT molecular complexity index is 452. The second-order valence-electron chi connectivity index (χ2n) is 3.94. The van der Waals surface area contributed by atoms with Crippen LogP contribution in [0.25, 0.3) is 0 Å². The zero-order chi connectivity index (χ0) is 13.1. The molecule has 0 spiro atoms. The van der Waals surface area contributed by atoms with Crippen LogP contribution >= 0.6 is 11.6 Å². The van der Waals surface area contributed by atoms with Crippen LogP contribution in [0.4, 0.5) is 0 Å². The molecule has 0 bridgehead atoms. The fraction of sp³-hybridized carbons (Fsp3) is 0.667. The van der Waals surface area contributed by atoms with E-state index in [0.29, 0.717) is 6.54 Å². The number of halogens is 1. The molecule has 0 aliphatic rings. The van der Waals surface area contributed by atoms with Gasteiger partial charge < -0.3 is 5.32 Å². The van der Waals surface area contributed by atoms with Crippen molar-refractivity contribution >= 4 is 21.6 Å². The van der Waals surface area contributed by atoms with Gasteiger partial charge in [0.05, 0.1) is 11.2 Å². The summed E-state index contributed by atoms with van der Waals surface area (Å²) in [4.78, 5) is 0. The third-order valence-electron chi connectivity index (χ3n) is 2.27. The lowest BCUT2D eigenvalue weighted by atomic mass is 10.2. The number of hydrogen-bond donors (Lipinski definition) is 2. The molecular formula is C9H17ClN4O2S. The molecule has 1 aromatic rings. The summed E-state index contributed by atoms with van der Waals surface area (Å²) in [7, 11) is -0.239. The van der Waals surface area contributed by atoms with Crippen LogP contribution in [0.3, 0.4) is 0 Å². The molecule has 2 N–H and O–H groups in total. The average molecular weight is 281 g/mol. The molecular weight excluding hydrogens is 264 g/mol. The Kier molecular flexibility index (Phi) is 4.93. The molecule has 1 heterocycles. The number of rotatable bonds is 6. The molecule has 0 aliphatic carbocycles. The van der Waals surface area contributed by atoms with Crippen molar-refractivity contribution in [2.75, 3.05) is 20.1 Å². The standard InChI is InChI=1S/C9H17ClN4O2S/c1-7(4-11-2)5-13-17(15,16)9-8(10)6-12-14(9)3/h6-7,11,13H,4-5H2,1-3H3. The number of hydrogen-bond acceptors (Lipinski definition) is 4. The SMILES string of the molecule is CNCC(C)CNS(=O)(=O)c1c(Cl)cnn1C. The Morgan fingerprint density at radius 1 is 1.53 bits per heavy atom. The first-order chi connectivity index (χ1) is 7.88. The highest BCUT2D eigenvalue weighted by atomic mass is 35.5. The summed E-state index contributed by atoms with van der Waals surface area (Å²) in [6.45, 7) is 3.04. The van der Waals surface area contributed by atoms with Crippen molar-refractivity contribution in [2.45, 2.75) is 11.9 Å². The third kappa shape index (κ3) is 3.67. The zero-order valence-corrected chi connectivity index (χ0v) is 11.6. The maximum atomic E-state index is 12.0. The molecule has 0 aromatic carbocycles. The normalized spacial score (nSPS) is 13.9. The summed E-state index contributed by atoms with van der Waals surface area (Å²) in [6, 6.07) is 0. The molecule has 0 amide bonds. The van der Waals surface area contributed by atoms with Crippen LogP contribution in [-0.2, 0) is 17.1 Å². The van der Waals surface area contributed by atoms with Crippen LogP contribution in [0, 0.1) is 5.92 Å². The number of nitrogens with one attached hydrogen (secondary N) is 2. The monoisotopic (exact) mass is 280 g/mol. The fourth-order valence-electron chi connectivity index (χ4n) is 1.44. The Labute approximate surface area is 106 Å². The van der Waals surface area contributed by atoms with Crippen LogP contribution in [0.2, 0.25) is 5.02 Å². The highest BCUT2D eigenvalue weighted by Crippen LogP contribution is 2.19. The lowest BCUT2D eigenvalue weighted by Gasteiger charge is -2.12. The maximum Gasteiger partial charge on any atom is 0.259 e. The Morgan fingerprint density at radius 2 is 2.18 bits per heavy atom. The molecule has 98 valence electrons. The summed E-state index contributed by atoms with van der Waals surface area (Å²) in [6.07, 6.45) is 1.31. The lowest BCUT2D eigenvalue weighted by Crippen LogP contribution is -2.33. The second kappa shape index (κ2) is 5.81. The van der Waals surface area contributed by atoms with Crippen molar-refractivity contribution in [1.29, 1.82) is 0 Å². The van der Waals surface area contributed by atoms with Crippen LogP contribution in [0.1, 0.15) is 6.92 Å². The van der Waals surface area contributed by atoms with Crippen molar-refractivity contribution in [3.05, 3.63) is 11.2 Å². The molecule has 1 unspecified atom stereocenters. The van der Waals surface area contributed by atoms with Crippen molar-refractivity contribution in [3.63, 3.8) is 0 Å². The highest BCUT2D eigenvalue weighted by molar-refractivity contribution is 7.89. The van der Waals surface area contributed by atoms with Gasteiger partial charge in [0.15, 0.2) is 5.03 Å². The predicted octanol–water partition coefficient (Wildman–Crippen LogP) is 0.207. The van der Waals surface area contributed by atoms with Gasteiger partial charge in [0.25, 0.3) is 10.0 Å². The smallest absolute Gasteiger partial charge is 0.259 e. The Balaban J connectivity index is 2.76. The Hall–Kier alpha value is -0.630. The Morgan fingerprint density at radius 3 is 2.65 bits per heavy atom. The molecule has 17 heavy (non-hydrogen) atoms. The van der Waals surface area contributed by atoms with E-state index in [-0.39, 0.29) is 16.0 Å². The number of sulfonamides is 1. The maximum absolute atomic E-state index is 12.0. The zero-order valence-electron chi connectivity index (χ0n) is 10.1. The van der Waals surface area contributed by atoms with E-state index in [1.54, 1.807) is 0 Å².